The van der Waals surface area contributed by atoms with Crippen LogP contribution in [0.2, 0.25) is 0 Å². The Balaban J connectivity index is 2.25. The maximum Gasteiger partial charge on any atom is 0.103 e. The summed E-state index contributed by atoms with van der Waals surface area (Å²) in [5.74, 6) is 0.277. The molecule has 0 bridgehead atoms. The summed E-state index contributed by atoms with van der Waals surface area (Å²) in [5, 5.41) is 0. The molecule has 1 nitrogen and oxygen atoms in total. The molecular formula is C8H16FN. The second-order valence-corrected chi connectivity index (χ2v) is 3.14. The number of hydrogen-bond donors (Lipinski definition) is 1. The molecule has 0 aliphatic heterocycles. The van der Waals surface area contributed by atoms with E-state index < -0.39 is 6.17 Å². The molecule has 2 heteroatoms. The van der Waals surface area contributed by atoms with Gasteiger partial charge in [-0.2, -0.15) is 0 Å². The molecule has 0 aromatic rings. The van der Waals surface area contributed by atoms with Gasteiger partial charge in [0.05, 0.1) is 0 Å². The second kappa shape index (κ2) is 3.91. The molecule has 10 heavy (non-hydrogen) atoms. The monoisotopic (exact) mass is 145 g/mol. The van der Waals surface area contributed by atoms with E-state index in [9.17, 15) is 4.39 Å². The number of alkyl halides is 1. The van der Waals surface area contributed by atoms with Gasteiger partial charge in [0.2, 0.25) is 0 Å². The third-order valence-corrected chi connectivity index (χ3v) is 2.35. The van der Waals surface area contributed by atoms with Crippen molar-refractivity contribution in [2.75, 3.05) is 6.54 Å². The van der Waals surface area contributed by atoms with Gasteiger partial charge in [-0.05, 0) is 31.7 Å². The standard InChI is InChI=1S/C8H16FN/c9-8-4-2-1-3-7(8)5-6-10/h7-8H,1-6,10H2/t7-,8-/m1/s1. The van der Waals surface area contributed by atoms with Gasteiger partial charge in [0.1, 0.15) is 6.17 Å². The molecule has 1 aliphatic rings. The second-order valence-electron chi connectivity index (χ2n) is 3.14. The normalized spacial score (nSPS) is 34.2. The van der Waals surface area contributed by atoms with Crippen molar-refractivity contribution in [3.8, 4) is 0 Å². The van der Waals surface area contributed by atoms with E-state index in [4.69, 9.17) is 5.73 Å². The first-order valence-electron chi connectivity index (χ1n) is 4.18. The molecule has 2 N–H and O–H groups in total. The Morgan fingerprint density at radius 3 is 2.60 bits per heavy atom. The van der Waals surface area contributed by atoms with Gasteiger partial charge in [0, 0.05) is 0 Å². The summed E-state index contributed by atoms with van der Waals surface area (Å²) in [6.45, 7) is 0.644. The quantitative estimate of drug-likeness (QED) is 0.630. The molecule has 2 atom stereocenters. The summed E-state index contributed by atoms with van der Waals surface area (Å²) >= 11 is 0. The van der Waals surface area contributed by atoms with Crippen LogP contribution in [-0.4, -0.2) is 12.7 Å². The van der Waals surface area contributed by atoms with E-state index >= 15 is 0 Å². The maximum absolute atomic E-state index is 13.0. The van der Waals surface area contributed by atoms with E-state index in [-0.39, 0.29) is 5.92 Å². The molecule has 0 heterocycles. The number of nitrogens with two attached hydrogens (primary N) is 1. The van der Waals surface area contributed by atoms with Gasteiger partial charge >= 0.3 is 0 Å². The molecule has 1 fully saturated rings. The third kappa shape index (κ3) is 1.94. The minimum atomic E-state index is -0.558. The molecular weight excluding hydrogens is 129 g/mol. The fraction of sp³-hybridized carbons (Fsp3) is 1.00. The zero-order valence-corrected chi connectivity index (χ0v) is 6.35. The Bertz CT molecular complexity index is 93.3. The van der Waals surface area contributed by atoms with Crippen molar-refractivity contribution in [2.24, 2.45) is 11.7 Å². The Kier molecular flexibility index (Phi) is 3.13. The lowest BCUT2D eigenvalue weighted by atomic mass is 9.85. The minimum Gasteiger partial charge on any atom is -0.330 e. The molecule has 60 valence electrons. The summed E-state index contributed by atoms with van der Waals surface area (Å²) in [4.78, 5) is 0. The summed E-state index contributed by atoms with van der Waals surface area (Å²) in [5.41, 5.74) is 5.35. The molecule has 1 aliphatic carbocycles. The molecule has 0 spiro atoms. The van der Waals surface area contributed by atoms with E-state index in [0.717, 1.165) is 25.7 Å². The summed E-state index contributed by atoms with van der Waals surface area (Å²) in [7, 11) is 0. The molecule has 1 saturated carbocycles. The number of halogens is 1. The van der Waals surface area contributed by atoms with Crippen LogP contribution in [0.5, 0.6) is 0 Å². The van der Waals surface area contributed by atoms with Crippen molar-refractivity contribution in [2.45, 2.75) is 38.3 Å². The highest BCUT2D eigenvalue weighted by atomic mass is 19.1. The molecule has 1 rings (SSSR count). The summed E-state index contributed by atoms with van der Waals surface area (Å²) < 4.78 is 13.0. The number of rotatable bonds is 2. The van der Waals surface area contributed by atoms with Crippen molar-refractivity contribution in [1.29, 1.82) is 0 Å². The molecule has 0 saturated heterocycles. The lowest BCUT2D eigenvalue weighted by Crippen LogP contribution is -2.23. The molecule has 0 aromatic heterocycles. The zero-order valence-electron chi connectivity index (χ0n) is 6.35. The first-order valence-corrected chi connectivity index (χ1v) is 4.18. The topological polar surface area (TPSA) is 26.0 Å². The fourth-order valence-corrected chi connectivity index (χ4v) is 1.70. The van der Waals surface area contributed by atoms with Crippen LogP contribution in [0.4, 0.5) is 4.39 Å². The molecule has 0 aromatic carbocycles. The highest BCUT2D eigenvalue weighted by Crippen LogP contribution is 2.28. The molecule has 0 amide bonds. The third-order valence-electron chi connectivity index (χ3n) is 2.35. The van der Waals surface area contributed by atoms with E-state index in [1.54, 1.807) is 0 Å². The van der Waals surface area contributed by atoms with Crippen molar-refractivity contribution in [1.82, 2.24) is 0 Å². The van der Waals surface area contributed by atoms with Crippen LogP contribution in [0.1, 0.15) is 32.1 Å². The van der Waals surface area contributed by atoms with Gasteiger partial charge in [0.25, 0.3) is 0 Å². The lowest BCUT2D eigenvalue weighted by molar-refractivity contribution is 0.159. The lowest BCUT2D eigenvalue weighted by Gasteiger charge is -2.24. The predicted molar refractivity (Wildman–Crippen MR) is 40.5 cm³/mol. The van der Waals surface area contributed by atoms with Crippen LogP contribution in [-0.2, 0) is 0 Å². The highest BCUT2D eigenvalue weighted by molar-refractivity contribution is 4.74. The Morgan fingerprint density at radius 1 is 1.30 bits per heavy atom. The first-order chi connectivity index (χ1) is 4.84. The van der Waals surface area contributed by atoms with Gasteiger partial charge in [-0.15, -0.1) is 0 Å². The SMILES string of the molecule is NCC[C@H]1CCCC[C@H]1F. The van der Waals surface area contributed by atoms with E-state index in [1.807, 2.05) is 0 Å². The van der Waals surface area contributed by atoms with Crippen LogP contribution < -0.4 is 5.73 Å². The number of hydrogen-bond acceptors (Lipinski definition) is 1. The minimum absolute atomic E-state index is 0.277. The van der Waals surface area contributed by atoms with Crippen LogP contribution in [0.3, 0.4) is 0 Å². The maximum atomic E-state index is 13.0. The Labute approximate surface area is 61.8 Å². The first kappa shape index (κ1) is 7.99. The zero-order chi connectivity index (χ0) is 7.40. The van der Waals surface area contributed by atoms with Gasteiger partial charge in [-0.25, -0.2) is 4.39 Å². The van der Waals surface area contributed by atoms with Crippen molar-refractivity contribution in [3.63, 3.8) is 0 Å². The predicted octanol–water partition coefficient (Wildman–Crippen LogP) is 1.86. The molecule has 0 radical (unpaired) electrons. The van der Waals surface area contributed by atoms with Gasteiger partial charge in [-0.3, -0.25) is 0 Å². The van der Waals surface area contributed by atoms with Crippen molar-refractivity contribution < 1.29 is 4.39 Å². The van der Waals surface area contributed by atoms with E-state index in [0.29, 0.717) is 6.54 Å². The van der Waals surface area contributed by atoms with Gasteiger partial charge in [0.15, 0.2) is 0 Å². The average molecular weight is 145 g/mol. The van der Waals surface area contributed by atoms with Crippen molar-refractivity contribution >= 4 is 0 Å². The van der Waals surface area contributed by atoms with E-state index in [1.165, 1.54) is 6.42 Å². The Morgan fingerprint density at radius 2 is 2.00 bits per heavy atom. The van der Waals surface area contributed by atoms with Gasteiger partial charge < -0.3 is 5.73 Å². The van der Waals surface area contributed by atoms with Crippen LogP contribution in [0.15, 0.2) is 0 Å². The largest absolute Gasteiger partial charge is 0.330 e. The van der Waals surface area contributed by atoms with Crippen LogP contribution in [0, 0.1) is 5.92 Å². The van der Waals surface area contributed by atoms with Gasteiger partial charge in [-0.1, -0.05) is 12.8 Å². The van der Waals surface area contributed by atoms with Crippen LogP contribution >= 0.6 is 0 Å². The summed E-state index contributed by atoms with van der Waals surface area (Å²) in [6.07, 6.45) is 4.41. The average Bonchev–Trinajstić information content (AvgIpc) is 1.94. The smallest absolute Gasteiger partial charge is 0.103 e. The molecule has 0 unspecified atom stereocenters. The highest BCUT2D eigenvalue weighted by Gasteiger charge is 2.23. The van der Waals surface area contributed by atoms with E-state index in [2.05, 4.69) is 0 Å². The summed E-state index contributed by atoms with van der Waals surface area (Å²) in [6, 6.07) is 0. The van der Waals surface area contributed by atoms with Crippen molar-refractivity contribution in [3.05, 3.63) is 0 Å². The fourth-order valence-electron chi connectivity index (χ4n) is 1.70. The van der Waals surface area contributed by atoms with Crippen LogP contribution in [0.25, 0.3) is 0 Å². The Hall–Kier alpha value is -0.110.